The van der Waals surface area contributed by atoms with Gasteiger partial charge in [0.2, 0.25) is 5.91 Å². The molecule has 4 rings (SSSR count). The van der Waals surface area contributed by atoms with Crippen LogP contribution in [-0.2, 0) is 9.59 Å². The smallest absolute Gasteiger partial charge is 0.325 e. The molecule has 8 heteroatoms. The monoisotopic (exact) mass is 370 g/mol. The molecule has 5 amide bonds. The second-order valence-corrected chi connectivity index (χ2v) is 7.48. The Balaban J connectivity index is 1.34. The van der Waals surface area contributed by atoms with Crippen LogP contribution in [0.5, 0.6) is 0 Å². The number of hydrogen-bond donors (Lipinski definition) is 3. The lowest BCUT2D eigenvalue weighted by Crippen LogP contribution is -2.44. The van der Waals surface area contributed by atoms with Crippen LogP contribution in [0.2, 0.25) is 0 Å². The van der Waals surface area contributed by atoms with Gasteiger partial charge < -0.3 is 16.0 Å². The molecule has 0 aromatic heterocycles. The highest BCUT2D eigenvalue weighted by molar-refractivity contribution is 6.10. The molecule has 1 aromatic rings. The molecular formula is C19H22N4O4. The standard InChI is InChI=1S/C19H22N4O4/c24-15(11-23-17(26)19(22-18(23)27)9-1-2-10-19)20-13-5-3-12(4-6-13)16(25)21-14-7-8-14/h3-6,14H,1-2,7-11H2,(H,20,24)(H,21,25)(H,22,27). The predicted molar refractivity (Wildman–Crippen MR) is 97.0 cm³/mol. The van der Waals surface area contributed by atoms with Crippen LogP contribution in [0.25, 0.3) is 0 Å². The Hall–Kier alpha value is -2.90. The number of urea groups is 1. The second-order valence-electron chi connectivity index (χ2n) is 7.48. The molecule has 0 bridgehead atoms. The zero-order valence-corrected chi connectivity index (χ0v) is 14.9. The van der Waals surface area contributed by atoms with Gasteiger partial charge in [-0.15, -0.1) is 0 Å². The summed E-state index contributed by atoms with van der Waals surface area (Å²) in [5.74, 6) is -0.896. The second kappa shape index (κ2) is 6.68. The quantitative estimate of drug-likeness (QED) is 0.681. The van der Waals surface area contributed by atoms with Crippen molar-refractivity contribution in [2.75, 3.05) is 11.9 Å². The number of anilines is 1. The van der Waals surface area contributed by atoms with Crippen LogP contribution in [0, 0.1) is 0 Å². The number of benzene rings is 1. The Morgan fingerprint density at radius 1 is 1.11 bits per heavy atom. The fourth-order valence-electron chi connectivity index (χ4n) is 3.68. The van der Waals surface area contributed by atoms with E-state index in [-0.39, 0.29) is 24.4 Å². The average molecular weight is 370 g/mol. The van der Waals surface area contributed by atoms with Crippen molar-refractivity contribution >= 4 is 29.4 Å². The normalized spacial score (nSPS) is 20.7. The van der Waals surface area contributed by atoms with Crippen molar-refractivity contribution in [1.82, 2.24) is 15.5 Å². The largest absolute Gasteiger partial charge is 0.349 e. The maximum Gasteiger partial charge on any atom is 0.325 e. The average Bonchev–Trinajstić information content (AvgIpc) is 3.28. The van der Waals surface area contributed by atoms with Gasteiger partial charge in [-0.05, 0) is 49.9 Å². The summed E-state index contributed by atoms with van der Waals surface area (Å²) in [5, 5.41) is 8.31. The highest BCUT2D eigenvalue weighted by Crippen LogP contribution is 2.34. The fraction of sp³-hybridized carbons (Fsp3) is 0.474. The minimum absolute atomic E-state index is 0.128. The number of nitrogens with one attached hydrogen (secondary N) is 3. The molecular weight excluding hydrogens is 348 g/mol. The summed E-state index contributed by atoms with van der Waals surface area (Å²) in [5.41, 5.74) is 0.219. The van der Waals surface area contributed by atoms with Gasteiger partial charge in [-0.3, -0.25) is 19.3 Å². The number of hydrogen-bond acceptors (Lipinski definition) is 4. The van der Waals surface area contributed by atoms with Gasteiger partial charge in [0.15, 0.2) is 0 Å². The summed E-state index contributed by atoms with van der Waals surface area (Å²) >= 11 is 0. The van der Waals surface area contributed by atoms with Crippen molar-refractivity contribution in [2.45, 2.75) is 50.1 Å². The zero-order chi connectivity index (χ0) is 19.0. The molecule has 8 nitrogen and oxygen atoms in total. The summed E-state index contributed by atoms with van der Waals surface area (Å²) in [6.45, 7) is -0.323. The Morgan fingerprint density at radius 2 is 1.78 bits per heavy atom. The van der Waals surface area contributed by atoms with Crippen molar-refractivity contribution in [2.24, 2.45) is 0 Å². The van der Waals surface area contributed by atoms with E-state index in [0.717, 1.165) is 30.6 Å². The number of rotatable bonds is 5. The summed E-state index contributed by atoms with van der Waals surface area (Å²) in [6, 6.07) is 6.30. The first-order valence-electron chi connectivity index (χ1n) is 9.32. The zero-order valence-electron chi connectivity index (χ0n) is 14.9. The molecule has 1 saturated heterocycles. The molecule has 2 aliphatic carbocycles. The number of carbonyl (C=O) groups excluding carboxylic acids is 4. The first-order valence-corrected chi connectivity index (χ1v) is 9.32. The number of nitrogens with zero attached hydrogens (tertiary/aromatic N) is 1. The van der Waals surface area contributed by atoms with E-state index in [2.05, 4.69) is 16.0 Å². The third-order valence-electron chi connectivity index (χ3n) is 5.35. The van der Waals surface area contributed by atoms with Crippen LogP contribution in [0.3, 0.4) is 0 Å². The molecule has 0 atom stereocenters. The summed E-state index contributed by atoms with van der Waals surface area (Å²) in [4.78, 5) is 49.9. The van der Waals surface area contributed by atoms with Crippen LogP contribution in [0.15, 0.2) is 24.3 Å². The van der Waals surface area contributed by atoms with Gasteiger partial charge in [-0.1, -0.05) is 12.8 Å². The van der Waals surface area contributed by atoms with Crippen LogP contribution < -0.4 is 16.0 Å². The van der Waals surface area contributed by atoms with Gasteiger partial charge in [0.1, 0.15) is 12.1 Å². The van der Waals surface area contributed by atoms with E-state index in [4.69, 9.17) is 0 Å². The van der Waals surface area contributed by atoms with E-state index in [1.54, 1.807) is 24.3 Å². The Morgan fingerprint density at radius 3 is 2.41 bits per heavy atom. The van der Waals surface area contributed by atoms with Gasteiger partial charge in [0, 0.05) is 17.3 Å². The van der Waals surface area contributed by atoms with Gasteiger partial charge in [-0.2, -0.15) is 0 Å². The van der Waals surface area contributed by atoms with Gasteiger partial charge >= 0.3 is 6.03 Å². The lowest BCUT2D eigenvalue weighted by atomic mass is 9.98. The topological polar surface area (TPSA) is 108 Å². The summed E-state index contributed by atoms with van der Waals surface area (Å²) in [7, 11) is 0. The molecule has 3 fully saturated rings. The molecule has 1 spiro atoms. The van der Waals surface area contributed by atoms with Crippen molar-refractivity contribution in [1.29, 1.82) is 0 Å². The van der Waals surface area contributed by atoms with Gasteiger partial charge in [-0.25, -0.2) is 4.79 Å². The maximum atomic E-state index is 12.6. The van der Waals surface area contributed by atoms with E-state index in [1.807, 2.05) is 0 Å². The van der Waals surface area contributed by atoms with Crippen molar-refractivity contribution in [3.05, 3.63) is 29.8 Å². The maximum absolute atomic E-state index is 12.6. The molecule has 1 aliphatic heterocycles. The minimum atomic E-state index is -0.812. The number of carbonyl (C=O) groups is 4. The Labute approximate surface area is 156 Å². The van der Waals surface area contributed by atoms with Crippen molar-refractivity contribution < 1.29 is 19.2 Å². The SMILES string of the molecule is O=C(CN1C(=O)NC2(CCCC2)C1=O)Nc1ccc(C(=O)NC2CC2)cc1. The first-order chi connectivity index (χ1) is 13.0. The number of amides is 5. The van der Waals surface area contributed by atoms with Crippen molar-refractivity contribution in [3.63, 3.8) is 0 Å². The Bertz CT molecular complexity index is 794. The van der Waals surface area contributed by atoms with Gasteiger partial charge in [0.05, 0.1) is 0 Å². The molecule has 1 aromatic carbocycles. The lowest BCUT2D eigenvalue weighted by Gasteiger charge is -2.19. The Kier molecular flexibility index (Phi) is 4.33. The molecule has 1 heterocycles. The third-order valence-corrected chi connectivity index (χ3v) is 5.35. The summed E-state index contributed by atoms with van der Waals surface area (Å²) in [6.07, 6.45) is 5.08. The summed E-state index contributed by atoms with van der Waals surface area (Å²) < 4.78 is 0. The third kappa shape index (κ3) is 3.51. The molecule has 0 radical (unpaired) electrons. The molecule has 142 valence electrons. The van der Waals surface area contributed by atoms with Crippen molar-refractivity contribution in [3.8, 4) is 0 Å². The van der Waals surface area contributed by atoms with E-state index in [9.17, 15) is 19.2 Å². The molecule has 2 saturated carbocycles. The predicted octanol–water partition coefficient (Wildman–Crippen LogP) is 1.38. The highest BCUT2D eigenvalue weighted by atomic mass is 16.2. The molecule has 3 aliphatic rings. The van der Waals surface area contributed by atoms with E-state index in [1.165, 1.54) is 0 Å². The van der Waals surface area contributed by atoms with E-state index in [0.29, 0.717) is 24.1 Å². The number of imide groups is 1. The molecule has 3 N–H and O–H groups in total. The van der Waals surface area contributed by atoms with Crippen LogP contribution >= 0.6 is 0 Å². The lowest BCUT2D eigenvalue weighted by molar-refractivity contribution is -0.133. The molecule has 0 unspecified atom stereocenters. The van der Waals surface area contributed by atoms with E-state index < -0.39 is 17.5 Å². The van der Waals surface area contributed by atoms with Crippen LogP contribution in [-0.4, -0.2) is 46.8 Å². The minimum Gasteiger partial charge on any atom is -0.349 e. The van der Waals surface area contributed by atoms with Crippen LogP contribution in [0.1, 0.15) is 48.9 Å². The first kappa shape index (κ1) is 17.5. The van der Waals surface area contributed by atoms with Gasteiger partial charge in [0.25, 0.3) is 11.8 Å². The molecule has 27 heavy (non-hydrogen) atoms. The fourth-order valence-corrected chi connectivity index (χ4v) is 3.68. The highest BCUT2D eigenvalue weighted by Gasteiger charge is 2.52. The van der Waals surface area contributed by atoms with Crippen LogP contribution in [0.4, 0.5) is 10.5 Å². The van der Waals surface area contributed by atoms with E-state index >= 15 is 0 Å².